The SMILES string of the molecule is CCSc1ccc(C(=O)Nc2nc3c(F)cccc3s2)cc1. The van der Waals surface area contributed by atoms with Gasteiger partial charge in [-0.05, 0) is 42.2 Å². The molecule has 112 valence electrons. The summed E-state index contributed by atoms with van der Waals surface area (Å²) in [5.74, 6) is 0.366. The Labute approximate surface area is 135 Å². The van der Waals surface area contributed by atoms with Crippen molar-refractivity contribution in [2.45, 2.75) is 11.8 Å². The summed E-state index contributed by atoms with van der Waals surface area (Å²) in [4.78, 5) is 17.5. The molecule has 0 bridgehead atoms. The van der Waals surface area contributed by atoms with Crippen LogP contribution in [0.1, 0.15) is 17.3 Å². The van der Waals surface area contributed by atoms with E-state index in [-0.39, 0.29) is 17.2 Å². The molecule has 0 radical (unpaired) electrons. The highest BCUT2D eigenvalue weighted by molar-refractivity contribution is 7.99. The first-order chi connectivity index (χ1) is 10.7. The third-order valence-electron chi connectivity index (χ3n) is 3.02. The van der Waals surface area contributed by atoms with E-state index in [1.807, 2.05) is 12.1 Å². The van der Waals surface area contributed by atoms with Crippen LogP contribution in [0, 0.1) is 5.82 Å². The van der Waals surface area contributed by atoms with Gasteiger partial charge in [0.05, 0.1) is 4.70 Å². The highest BCUT2D eigenvalue weighted by Crippen LogP contribution is 2.28. The van der Waals surface area contributed by atoms with Crippen molar-refractivity contribution < 1.29 is 9.18 Å². The lowest BCUT2D eigenvalue weighted by Crippen LogP contribution is -2.11. The van der Waals surface area contributed by atoms with Crippen molar-refractivity contribution in [2.75, 3.05) is 11.1 Å². The van der Waals surface area contributed by atoms with E-state index in [9.17, 15) is 9.18 Å². The Bertz CT molecular complexity index is 815. The molecule has 1 aromatic heterocycles. The second kappa shape index (κ2) is 6.46. The lowest BCUT2D eigenvalue weighted by Gasteiger charge is -2.03. The maximum absolute atomic E-state index is 13.6. The Hall–Kier alpha value is -1.92. The normalized spacial score (nSPS) is 10.8. The van der Waals surface area contributed by atoms with E-state index in [1.165, 1.54) is 17.4 Å². The number of hydrogen-bond donors (Lipinski definition) is 1. The van der Waals surface area contributed by atoms with E-state index in [4.69, 9.17) is 0 Å². The third kappa shape index (κ3) is 3.13. The molecule has 0 atom stereocenters. The van der Waals surface area contributed by atoms with Gasteiger partial charge < -0.3 is 0 Å². The number of para-hydroxylation sites is 1. The van der Waals surface area contributed by atoms with Crippen LogP contribution in [0.15, 0.2) is 47.4 Å². The van der Waals surface area contributed by atoms with Crippen molar-refractivity contribution in [1.82, 2.24) is 4.98 Å². The van der Waals surface area contributed by atoms with E-state index < -0.39 is 0 Å². The van der Waals surface area contributed by atoms with E-state index in [2.05, 4.69) is 17.2 Å². The van der Waals surface area contributed by atoms with E-state index in [0.717, 1.165) is 10.6 Å². The molecule has 0 aliphatic carbocycles. The summed E-state index contributed by atoms with van der Waals surface area (Å²) in [6, 6.07) is 12.2. The van der Waals surface area contributed by atoms with E-state index in [1.54, 1.807) is 36.0 Å². The number of hydrogen-bond acceptors (Lipinski definition) is 4. The number of thioether (sulfide) groups is 1. The van der Waals surface area contributed by atoms with Crippen LogP contribution in [0.5, 0.6) is 0 Å². The predicted molar refractivity (Wildman–Crippen MR) is 90.4 cm³/mol. The average molecular weight is 332 g/mol. The maximum Gasteiger partial charge on any atom is 0.257 e. The number of aromatic nitrogens is 1. The molecular formula is C16H13FN2OS2. The Kier molecular flexibility index (Phi) is 4.40. The average Bonchev–Trinajstić information content (AvgIpc) is 2.92. The van der Waals surface area contributed by atoms with Crippen molar-refractivity contribution in [3.63, 3.8) is 0 Å². The molecule has 0 aliphatic rings. The number of benzene rings is 2. The molecule has 6 heteroatoms. The Morgan fingerprint density at radius 2 is 2.05 bits per heavy atom. The first-order valence-electron chi connectivity index (χ1n) is 6.76. The summed E-state index contributed by atoms with van der Waals surface area (Å²) in [7, 11) is 0. The number of anilines is 1. The van der Waals surface area contributed by atoms with Crippen molar-refractivity contribution in [2.24, 2.45) is 0 Å². The lowest BCUT2D eigenvalue weighted by molar-refractivity contribution is 0.102. The van der Waals surface area contributed by atoms with Crippen molar-refractivity contribution in [1.29, 1.82) is 0 Å². The fourth-order valence-corrected chi connectivity index (χ4v) is 3.54. The molecule has 3 rings (SSSR count). The van der Waals surface area contributed by atoms with Gasteiger partial charge in [-0.25, -0.2) is 9.37 Å². The molecule has 1 amide bonds. The number of amides is 1. The Morgan fingerprint density at radius 1 is 1.27 bits per heavy atom. The minimum absolute atomic E-state index is 0.243. The number of rotatable bonds is 4. The molecule has 3 aromatic rings. The molecule has 2 aromatic carbocycles. The summed E-state index contributed by atoms with van der Waals surface area (Å²) in [6.07, 6.45) is 0. The minimum atomic E-state index is -0.379. The first kappa shape index (κ1) is 15.0. The van der Waals surface area contributed by atoms with Gasteiger partial charge in [-0.3, -0.25) is 10.1 Å². The van der Waals surface area contributed by atoms with Crippen LogP contribution in [-0.4, -0.2) is 16.6 Å². The zero-order valence-corrected chi connectivity index (χ0v) is 13.4. The number of halogens is 1. The predicted octanol–water partition coefficient (Wildman–Crippen LogP) is 4.80. The molecule has 0 unspecified atom stereocenters. The number of carbonyl (C=O) groups is 1. The molecule has 0 spiro atoms. The standard InChI is InChI=1S/C16H13FN2OS2/c1-2-21-11-8-6-10(7-9-11)15(20)19-16-18-14-12(17)4-3-5-13(14)22-16/h3-9H,2H2,1H3,(H,18,19,20). The number of nitrogens with zero attached hydrogens (tertiary/aromatic N) is 1. The minimum Gasteiger partial charge on any atom is -0.298 e. The fraction of sp³-hybridized carbons (Fsp3) is 0.125. The molecule has 0 fully saturated rings. The topological polar surface area (TPSA) is 42.0 Å². The molecular weight excluding hydrogens is 319 g/mol. The van der Waals surface area contributed by atoms with Gasteiger partial charge in [0.15, 0.2) is 5.13 Å². The monoisotopic (exact) mass is 332 g/mol. The lowest BCUT2D eigenvalue weighted by atomic mass is 10.2. The Morgan fingerprint density at radius 3 is 2.73 bits per heavy atom. The van der Waals surface area contributed by atoms with E-state index >= 15 is 0 Å². The van der Waals surface area contributed by atoms with Crippen LogP contribution in [0.3, 0.4) is 0 Å². The van der Waals surface area contributed by atoms with Gasteiger partial charge in [0, 0.05) is 10.5 Å². The van der Waals surface area contributed by atoms with E-state index in [0.29, 0.717) is 15.4 Å². The molecule has 1 N–H and O–H groups in total. The summed E-state index contributed by atoms with van der Waals surface area (Å²) < 4.78 is 14.3. The van der Waals surface area contributed by atoms with Gasteiger partial charge >= 0.3 is 0 Å². The first-order valence-corrected chi connectivity index (χ1v) is 8.57. The molecule has 3 nitrogen and oxygen atoms in total. The van der Waals surface area contributed by atoms with Gasteiger partial charge in [-0.2, -0.15) is 0 Å². The number of nitrogens with one attached hydrogen (secondary N) is 1. The molecule has 0 aliphatic heterocycles. The van der Waals surface area contributed by atoms with Crippen molar-refractivity contribution >= 4 is 44.4 Å². The number of thiazole rings is 1. The summed E-state index contributed by atoms with van der Waals surface area (Å²) in [5, 5.41) is 3.12. The Balaban J connectivity index is 1.79. The molecule has 1 heterocycles. The van der Waals surface area contributed by atoms with Gasteiger partial charge in [0.2, 0.25) is 0 Å². The van der Waals surface area contributed by atoms with Crippen LogP contribution >= 0.6 is 23.1 Å². The van der Waals surface area contributed by atoms with Crippen molar-refractivity contribution in [3.05, 3.63) is 53.8 Å². The second-order valence-electron chi connectivity index (χ2n) is 4.52. The smallest absolute Gasteiger partial charge is 0.257 e. The van der Waals surface area contributed by atoms with Crippen LogP contribution in [0.25, 0.3) is 10.2 Å². The van der Waals surface area contributed by atoms with Crippen LogP contribution in [0.2, 0.25) is 0 Å². The maximum atomic E-state index is 13.6. The third-order valence-corrected chi connectivity index (χ3v) is 4.85. The highest BCUT2D eigenvalue weighted by Gasteiger charge is 2.11. The van der Waals surface area contributed by atoms with Crippen LogP contribution in [0.4, 0.5) is 9.52 Å². The van der Waals surface area contributed by atoms with Gasteiger partial charge in [0.25, 0.3) is 5.91 Å². The zero-order chi connectivity index (χ0) is 15.5. The summed E-state index contributed by atoms with van der Waals surface area (Å²) >= 11 is 2.98. The zero-order valence-electron chi connectivity index (χ0n) is 11.8. The largest absolute Gasteiger partial charge is 0.298 e. The van der Waals surface area contributed by atoms with Gasteiger partial charge in [-0.15, -0.1) is 11.8 Å². The molecule has 0 saturated heterocycles. The van der Waals surface area contributed by atoms with Gasteiger partial charge in [-0.1, -0.05) is 24.3 Å². The summed E-state index contributed by atoms with van der Waals surface area (Å²) in [6.45, 7) is 2.08. The molecule has 22 heavy (non-hydrogen) atoms. The quantitative estimate of drug-likeness (QED) is 0.698. The van der Waals surface area contributed by atoms with Gasteiger partial charge in [0.1, 0.15) is 11.3 Å². The van der Waals surface area contributed by atoms with Crippen molar-refractivity contribution in [3.8, 4) is 0 Å². The second-order valence-corrected chi connectivity index (χ2v) is 6.89. The van der Waals surface area contributed by atoms with Crippen LogP contribution in [-0.2, 0) is 0 Å². The molecule has 0 saturated carbocycles. The summed E-state index contributed by atoms with van der Waals surface area (Å²) in [5.41, 5.74) is 0.845. The van der Waals surface area contributed by atoms with Crippen LogP contribution < -0.4 is 5.32 Å². The number of fused-ring (bicyclic) bond motifs is 1. The number of carbonyl (C=O) groups excluding carboxylic acids is 1. The highest BCUT2D eigenvalue weighted by atomic mass is 32.2. The fourth-order valence-electron chi connectivity index (χ4n) is 2.01.